The molecule has 4 aromatic rings. The van der Waals surface area contributed by atoms with Crippen molar-refractivity contribution < 1.29 is 28.9 Å². The molecule has 1 amide bonds. The van der Waals surface area contributed by atoms with Gasteiger partial charge in [0.25, 0.3) is 5.91 Å². The molecule has 1 atom stereocenters. The van der Waals surface area contributed by atoms with Gasteiger partial charge in [0.15, 0.2) is 16.6 Å². The number of fused-ring (bicyclic) bond motifs is 1. The number of carboxylic acid groups (broad SMARTS) is 1. The van der Waals surface area contributed by atoms with Gasteiger partial charge in [0, 0.05) is 31.0 Å². The van der Waals surface area contributed by atoms with Crippen LogP contribution in [0.25, 0.3) is 10.2 Å². The predicted molar refractivity (Wildman–Crippen MR) is 138 cm³/mol. The first kappa shape index (κ1) is 24.7. The fourth-order valence-electron chi connectivity index (χ4n) is 3.47. The Kier molecular flexibility index (Phi) is 7.45. The highest BCUT2D eigenvalue weighted by molar-refractivity contribution is 7.22. The molecule has 0 aliphatic carbocycles. The van der Waals surface area contributed by atoms with Crippen molar-refractivity contribution in [3.8, 4) is 17.2 Å². The maximum Gasteiger partial charge on any atom is 0.335 e. The third-order valence-corrected chi connectivity index (χ3v) is 6.17. The molecule has 10 heteroatoms. The van der Waals surface area contributed by atoms with E-state index in [1.807, 2.05) is 12.1 Å². The first-order valence-corrected chi connectivity index (χ1v) is 11.6. The average molecular weight is 506 g/mol. The molecule has 4 rings (SSSR count). The summed E-state index contributed by atoms with van der Waals surface area (Å²) in [5.74, 6) is 0.0315. The van der Waals surface area contributed by atoms with E-state index in [9.17, 15) is 14.7 Å². The second kappa shape index (κ2) is 10.9. The third-order valence-electron chi connectivity index (χ3n) is 5.23. The second-order valence-electron chi connectivity index (χ2n) is 7.56. The summed E-state index contributed by atoms with van der Waals surface area (Å²) in [5, 5.41) is 12.4. The minimum atomic E-state index is -1.06. The van der Waals surface area contributed by atoms with Gasteiger partial charge in [-0.3, -0.25) is 15.1 Å². The fraction of sp³-hybridized carbons (Fsp3) is 0.154. The zero-order valence-electron chi connectivity index (χ0n) is 19.7. The Labute approximate surface area is 211 Å². The highest BCUT2D eigenvalue weighted by Gasteiger charge is 2.25. The molecular formula is C26H23N3O6S. The van der Waals surface area contributed by atoms with Gasteiger partial charge in [0.05, 0.1) is 30.0 Å². The summed E-state index contributed by atoms with van der Waals surface area (Å²) in [7, 11) is 4.77. The first-order chi connectivity index (χ1) is 17.4. The Morgan fingerprint density at radius 2 is 1.69 bits per heavy atom. The quantitative estimate of drug-likeness (QED) is 0.313. The summed E-state index contributed by atoms with van der Waals surface area (Å²) >= 11 is 1.28. The maximum atomic E-state index is 13.4. The average Bonchev–Trinajstić information content (AvgIpc) is 3.28. The largest absolute Gasteiger partial charge is 0.493 e. The monoisotopic (exact) mass is 505 g/mol. The summed E-state index contributed by atoms with van der Waals surface area (Å²) < 4.78 is 17.5. The third kappa shape index (κ3) is 5.44. The van der Waals surface area contributed by atoms with Crippen LogP contribution in [-0.4, -0.2) is 49.4 Å². The number of amides is 1. The van der Waals surface area contributed by atoms with Crippen LogP contribution < -0.4 is 19.5 Å². The molecule has 0 radical (unpaired) electrons. The van der Waals surface area contributed by atoms with Crippen molar-refractivity contribution >= 4 is 44.8 Å². The van der Waals surface area contributed by atoms with E-state index in [1.54, 1.807) is 56.8 Å². The van der Waals surface area contributed by atoms with E-state index < -0.39 is 18.0 Å². The molecule has 0 aliphatic rings. The molecule has 1 heterocycles. The van der Waals surface area contributed by atoms with Crippen molar-refractivity contribution in [2.45, 2.75) is 6.10 Å². The fourth-order valence-corrected chi connectivity index (χ4v) is 4.35. The van der Waals surface area contributed by atoms with Crippen LogP contribution in [0.4, 0.5) is 5.13 Å². The van der Waals surface area contributed by atoms with Crippen molar-refractivity contribution in [3.05, 3.63) is 77.4 Å². The van der Waals surface area contributed by atoms with Crippen LogP contribution in [0.2, 0.25) is 0 Å². The first-order valence-electron chi connectivity index (χ1n) is 10.8. The number of rotatable bonds is 9. The lowest BCUT2D eigenvalue weighted by Gasteiger charge is -2.19. The van der Waals surface area contributed by atoms with Gasteiger partial charge in [-0.15, -0.1) is 0 Å². The van der Waals surface area contributed by atoms with Gasteiger partial charge in [-0.1, -0.05) is 23.5 Å². The zero-order chi connectivity index (χ0) is 25.7. The summed E-state index contributed by atoms with van der Waals surface area (Å²) in [5.41, 5.74) is 2.12. The molecule has 0 saturated heterocycles. The van der Waals surface area contributed by atoms with Crippen LogP contribution in [0, 0.1) is 0 Å². The lowest BCUT2D eigenvalue weighted by molar-refractivity contribution is -0.123. The normalized spacial score (nSPS) is 11.9. The highest BCUT2D eigenvalue weighted by atomic mass is 32.1. The molecule has 0 saturated carbocycles. The van der Waals surface area contributed by atoms with Gasteiger partial charge in [-0.25, -0.2) is 9.78 Å². The number of ether oxygens (including phenoxy) is 3. The Balaban J connectivity index is 1.63. The zero-order valence-corrected chi connectivity index (χ0v) is 20.5. The number of methoxy groups -OCH3 is 2. The van der Waals surface area contributed by atoms with E-state index in [0.29, 0.717) is 33.5 Å². The van der Waals surface area contributed by atoms with Crippen LogP contribution in [0.3, 0.4) is 0 Å². The maximum absolute atomic E-state index is 13.4. The predicted octanol–water partition coefficient (Wildman–Crippen LogP) is 4.82. The van der Waals surface area contributed by atoms with Crippen molar-refractivity contribution in [1.29, 1.82) is 0 Å². The van der Waals surface area contributed by atoms with Crippen molar-refractivity contribution in [2.24, 2.45) is 4.99 Å². The van der Waals surface area contributed by atoms with Crippen LogP contribution >= 0.6 is 11.3 Å². The number of aliphatic imine (C=N–C) groups is 1. The molecule has 9 nitrogen and oxygen atoms in total. The number of carboxylic acids is 1. The van der Waals surface area contributed by atoms with Gasteiger partial charge < -0.3 is 19.3 Å². The van der Waals surface area contributed by atoms with Crippen LogP contribution in [0.5, 0.6) is 17.2 Å². The smallest absolute Gasteiger partial charge is 0.335 e. The van der Waals surface area contributed by atoms with Crippen molar-refractivity contribution in [3.63, 3.8) is 0 Å². The number of aromatic nitrogens is 1. The van der Waals surface area contributed by atoms with E-state index >= 15 is 0 Å². The highest BCUT2D eigenvalue weighted by Crippen LogP contribution is 2.36. The van der Waals surface area contributed by atoms with E-state index in [1.165, 1.54) is 30.6 Å². The summed E-state index contributed by atoms with van der Waals surface area (Å²) in [4.78, 5) is 33.1. The number of anilines is 1. The number of hydrogen-bond donors (Lipinski definition) is 2. The molecule has 0 spiro atoms. The van der Waals surface area contributed by atoms with Crippen molar-refractivity contribution in [2.75, 3.05) is 26.6 Å². The van der Waals surface area contributed by atoms with E-state index in [4.69, 9.17) is 14.2 Å². The lowest BCUT2D eigenvalue weighted by Crippen LogP contribution is -2.25. The molecule has 184 valence electrons. The van der Waals surface area contributed by atoms with Gasteiger partial charge >= 0.3 is 5.97 Å². The van der Waals surface area contributed by atoms with Gasteiger partial charge in [-0.2, -0.15) is 0 Å². The Bertz CT molecular complexity index is 1370. The Hall–Kier alpha value is -4.44. The Morgan fingerprint density at radius 1 is 1.03 bits per heavy atom. The summed E-state index contributed by atoms with van der Waals surface area (Å²) in [6, 6.07) is 16.6. The lowest BCUT2D eigenvalue weighted by atomic mass is 10.1. The van der Waals surface area contributed by atoms with Gasteiger partial charge in [-0.05, 0) is 42.0 Å². The van der Waals surface area contributed by atoms with Gasteiger partial charge in [0.2, 0.25) is 6.10 Å². The molecule has 1 aromatic heterocycles. The molecule has 0 fully saturated rings. The molecule has 1 unspecified atom stereocenters. The number of nitrogens with one attached hydrogen (secondary N) is 1. The molecule has 3 aromatic carbocycles. The van der Waals surface area contributed by atoms with E-state index in [2.05, 4.69) is 15.3 Å². The number of thiazole rings is 1. The number of benzene rings is 3. The number of aromatic carboxylic acids is 1. The van der Waals surface area contributed by atoms with E-state index in [0.717, 1.165) is 10.3 Å². The summed E-state index contributed by atoms with van der Waals surface area (Å²) in [6.45, 7) is 0. The standard InChI is InChI=1S/C26H23N3O6S/c1-27-14-15-4-10-18(11-5-15)35-23(16-6-8-17(9-7-16)25(31)32)24(30)29-26-28-19-12-20(33-2)21(34-3)13-22(19)36-26/h4-14,23H,1-3H3,(H,31,32)(H,28,29,30)/b27-14+. The molecule has 0 bridgehead atoms. The number of carbonyl (C=O) groups excluding carboxylic acids is 1. The number of carbonyl (C=O) groups is 2. The SMILES string of the molecule is C/N=C/c1ccc(OC(C(=O)Nc2nc3cc(OC)c(OC)cc3s2)c2ccc(C(=O)O)cc2)cc1. The molecule has 36 heavy (non-hydrogen) atoms. The number of hydrogen-bond acceptors (Lipinski definition) is 8. The molecular weight excluding hydrogens is 482 g/mol. The topological polar surface area (TPSA) is 119 Å². The second-order valence-corrected chi connectivity index (χ2v) is 8.60. The summed E-state index contributed by atoms with van der Waals surface area (Å²) in [6.07, 6.45) is 0.644. The Morgan fingerprint density at radius 3 is 2.31 bits per heavy atom. The van der Waals surface area contributed by atoms with Crippen molar-refractivity contribution in [1.82, 2.24) is 4.98 Å². The van der Waals surface area contributed by atoms with Crippen LogP contribution in [-0.2, 0) is 4.79 Å². The molecule has 0 aliphatic heterocycles. The molecule has 2 N–H and O–H groups in total. The van der Waals surface area contributed by atoms with Crippen LogP contribution in [0.1, 0.15) is 27.6 Å². The van der Waals surface area contributed by atoms with Crippen LogP contribution in [0.15, 0.2) is 65.7 Å². The minimum absolute atomic E-state index is 0.107. The van der Waals surface area contributed by atoms with Gasteiger partial charge in [0.1, 0.15) is 5.75 Å². The number of nitrogens with zero attached hydrogens (tertiary/aromatic N) is 2. The van der Waals surface area contributed by atoms with E-state index in [-0.39, 0.29) is 5.56 Å². The minimum Gasteiger partial charge on any atom is -0.493 e.